The molecule has 8 nitrogen and oxygen atoms in total. The zero-order valence-electron chi connectivity index (χ0n) is 23.7. The lowest BCUT2D eigenvalue weighted by molar-refractivity contribution is -0.128. The van der Waals surface area contributed by atoms with Crippen molar-refractivity contribution < 1.29 is 9.18 Å². The van der Waals surface area contributed by atoms with E-state index in [1.807, 2.05) is 49.1 Å². The predicted octanol–water partition coefficient (Wildman–Crippen LogP) is 5.00. The Morgan fingerprint density at radius 2 is 1.85 bits per heavy atom. The standard InChI is InChI=1S/C31H33ClFN7O/c1-6-26(41)39-14-19(3)40(15-18(39)2)30-23-13-24(32)27(22-9-7-11-25-21(22)10-8-12-34-25)28(33)29(23)35-31(36-30)38-16-20(17-38)37(4)5/h6-13,18-20H,1,14-17H2,2-5H3/t18-,19+/m1/s1. The van der Waals surface area contributed by atoms with Gasteiger partial charge in [0.15, 0.2) is 5.82 Å². The highest BCUT2D eigenvalue weighted by atomic mass is 35.5. The second-order valence-electron chi connectivity index (χ2n) is 11.2. The van der Waals surface area contributed by atoms with Gasteiger partial charge >= 0.3 is 0 Å². The van der Waals surface area contributed by atoms with Gasteiger partial charge < -0.3 is 19.6 Å². The summed E-state index contributed by atoms with van der Waals surface area (Å²) in [6.45, 7) is 10.2. The van der Waals surface area contributed by atoms with Crippen molar-refractivity contribution in [3.8, 4) is 11.1 Å². The van der Waals surface area contributed by atoms with Crippen LogP contribution in [0.4, 0.5) is 16.2 Å². The molecular weight excluding hydrogens is 541 g/mol. The molecule has 0 saturated carbocycles. The molecule has 2 aromatic heterocycles. The Kier molecular flexibility index (Phi) is 7.03. The van der Waals surface area contributed by atoms with Crippen LogP contribution >= 0.6 is 11.6 Å². The van der Waals surface area contributed by atoms with Crippen molar-refractivity contribution in [2.24, 2.45) is 0 Å². The van der Waals surface area contributed by atoms with Crippen LogP contribution in [0, 0.1) is 5.82 Å². The van der Waals surface area contributed by atoms with Crippen LogP contribution in [0.3, 0.4) is 0 Å². The van der Waals surface area contributed by atoms with Crippen molar-refractivity contribution in [1.29, 1.82) is 0 Å². The molecule has 2 aliphatic heterocycles. The van der Waals surface area contributed by atoms with Gasteiger partial charge in [-0.2, -0.15) is 4.98 Å². The third-order valence-electron chi connectivity index (χ3n) is 8.36. The van der Waals surface area contributed by atoms with Crippen LogP contribution in [0.5, 0.6) is 0 Å². The van der Waals surface area contributed by atoms with E-state index >= 15 is 4.39 Å². The van der Waals surface area contributed by atoms with Crippen molar-refractivity contribution >= 4 is 51.1 Å². The molecule has 2 aliphatic rings. The van der Waals surface area contributed by atoms with E-state index in [1.165, 1.54) is 6.08 Å². The number of carbonyl (C=O) groups is 1. The lowest BCUT2D eigenvalue weighted by Gasteiger charge is -2.45. The smallest absolute Gasteiger partial charge is 0.246 e. The average molecular weight is 574 g/mol. The van der Waals surface area contributed by atoms with E-state index in [0.717, 1.165) is 24.0 Å². The van der Waals surface area contributed by atoms with Crippen LogP contribution in [-0.2, 0) is 4.79 Å². The third kappa shape index (κ3) is 4.67. The monoisotopic (exact) mass is 573 g/mol. The van der Waals surface area contributed by atoms with Crippen molar-refractivity contribution in [3.05, 3.63) is 66.1 Å². The lowest BCUT2D eigenvalue weighted by atomic mass is 9.98. The minimum Gasteiger partial charge on any atom is -0.349 e. The quantitative estimate of drug-likeness (QED) is 0.311. The normalized spacial score (nSPS) is 19.7. The number of nitrogens with zero attached hydrogens (tertiary/aromatic N) is 7. The summed E-state index contributed by atoms with van der Waals surface area (Å²) in [4.78, 5) is 34.9. The van der Waals surface area contributed by atoms with Gasteiger partial charge in [0.25, 0.3) is 0 Å². The SMILES string of the molecule is C=CC(=O)N1C[C@H](C)N(c2nc(N3CC(N(C)C)C3)nc3c(F)c(-c4cccc5ncccc45)c(Cl)cc23)C[C@H]1C. The zero-order valence-corrected chi connectivity index (χ0v) is 24.4. The molecule has 0 aliphatic carbocycles. The number of pyridine rings is 1. The van der Waals surface area contributed by atoms with Crippen molar-refractivity contribution in [3.63, 3.8) is 0 Å². The molecule has 2 saturated heterocycles. The first-order valence-corrected chi connectivity index (χ1v) is 14.2. The number of benzene rings is 2. The molecule has 10 heteroatoms. The number of hydrogen-bond acceptors (Lipinski definition) is 7. The molecule has 41 heavy (non-hydrogen) atoms. The van der Waals surface area contributed by atoms with E-state index in [1.54, 1.807) is 12.3 Å². The Morgan fingerprint density at radius 3 is 2.59 bits per heavy atom. The Hall–Kier alpha value is -3.82. The van der Waals surface area contributed by atoms with Crippen LogP contribution < -0.4 is 9.80 Å². The fourth-order valence-electron chi connectivity index (χ4n) is 5.89. The van der Waals surface area contributed by atoms with Gasteiger partial charge in [0.1, 0.15) is 11.3 Å². The first kappa shape index (κ1) is 27.4. The molecule has 212 valence electrons. The molecule has 1 amide bonds. The first-order chi connectivity index (χ1) is 19.7. The molecule has 2 fully saturated rings. The molecule has 0 spiro atoms. The fourth-order valence-corrected chi connectivity index (χ4v) is 6.18. The molecular formula is C31H33ClFN7O. The van der Waals surface area contributed by atoms with Gasteiger partial charge in [-0.3, -0.25) is 9.78 Å². The molecule has 0 unspecified atom stereocenters. The minimum absolute atomic E-state index is 0.0716. The van der Waals surface area contributed by atoms with E-state index in [4.69, 9.17) is 21.6 Å². The van der Waals surface area contributed by atoms with Gasteiger partial charge in [-0.25, -0.2) is 9.37 Å². The fraction of sp³-hybridized carbons (Fsp3) is 0.355. The van der Waals surface area contributed by atoms with E-state index in [0.29, 0.717) is 47.4 Å². The van der Waals surface area contributed by atoms with Crippen LogP contribution in [0.1, 0.15) is 13.8 Å². The second-order valence-corrected chi connectivity index (χ2v) is 11.6. The number of rotatable bonds is 5. The summed E-state index contributed by atoms with van der Waals surface area (Å²) < 4.78 is 16.7. The van der Waals surface area contributed by atoms with E-state index in [-0.39, 0.29) is 28.5 Å². The average Bonchev–Trinajstić information content (AvgIpc) is 2.93. The highest BCUT2D eigenvalue weighted by Gasteiger charge is 2.36. The van der Waals surface area contributed by atoms with Crippen LogP contribution in [-0.4, -0.2) is 89.1 Å². The van der Waals surface area contributed by atoms with Gasteiger partial charge in [-0.15, -0.1) is 0 Å². The maximum atomic E-state index is 16.7. The van der Waals surface area contributed by atoms with Crippen molar-refractivity contribution in [2.75, 3.05) is 50.1 Å². The Morgan fingerprint density at radius 1 is 1.07 bits per heavy atom. The molecule has 2 aromatic carbocycles. The van der Waals surface area contributed by atoms with Crippen molar-refractivity contribution in [1.82, 2.24) is 24.8 Å². The molecule has 2 atom stereocenters. The highest BCUT2D eigenvalue weighted by molar-refractivity contribution is 6.35. The summed E-state index contributed by atoms with van der Waals surface area (Å²) in [5.41, 5.74) is 1.94. The number of carbonyl (C=O) groups excluding carboxylic acids is 1. The Labute approximate surface area is 244 Å². The lowest BCUT2D eigenvalue weighted by Crippen LogP contribution is -2.59. The van der Waals surface area contributed by atoms with Gasteiger partial charge in [0.05, 0.1) is 10.5 Å². The number of halogens is 2. The second kappa shape index (κ2) is 10.5. The largest absolute Gasteiger partial charge is 0.349 e. The number of fused-ring (bicyclic) bond motifs is 2. The molecule has 0 radical (unpaired) electrons. The van der Waals surface area contributed by atoms with E-state index in [9.17, 15) is 4.79 Å². The molecule has 4 heterocycles. The topological polar surface area (TPSA) is 68.7 Å². The van der Waals surface area contributed by atoms with Crippen LogP contribution in [0.25, 0.3) is 32.9 Å². The number of anilines is 2. The highest BCUT2D eigenvalue weighted by Crippen LogP contribution is 2.42. The van der Waals surface area contributed by atoms with Crippen LogP contribution in [0.2, 0.25) is 5.02 Å². The summed E-state index contributed by atoms with van der Waals surface area (Å²) in [5, 5.41) is 1.64. The van der Waals surface area contributed by atoms with Gasteiger partial charge in [0.2, 0.25) is 11.9 Å². The van der Waals surface area contributed by atoms with E-state index < -0.39 is 5.82 Å². The van der Waals surface area contributed by atoms with Crippen molar-refractivity contribution in [2.45, 2.75) is 32.0 Å². The molecule has 6 rings (SSSR count). The van der Waals surface area contributed by atoms with Gasteiger partial charge in [0, 0.05) is 66.8 Å². The molecule has 4 aromatic rings. The summed E-state index contributed by atoms with van der Waals surface area (Å²) in [6.07, 6.45) is 3.07. The van der Waals surface area contributed by atoms with Gasteiger partial charge in [-0.1, -0.05) is 36.4 Å². The first-order valence-electron chi connectivity index (χ1n) is 13.8. The van der Waals surface area contributed by atoms with E-state index in [2.05, 4.69) is 40.4 Å². The third-order valence-corrected chi connectivity index (χ3v) is 8.66. The number of piperazine rings is 1. The number of hydrogen-bond donors (Lipinski definition) is 0. The maximum absolute atomic E-state index is 16.7. The summed E-state index contributed by atoms with van der Waals surface area (Å²) >= 11 is 6.88. The number of likely N-dealkylation sites (N-methyl/N-ethyl adjacent to an activating group) is 1. The number of amides is 1. The maximum Gasteiger partial charge on any atom is 0.246 e. The predicted molar refractivity (Wildman–Crippen MR) is 163 cm³/mol. The summed E-state index contributed by atoms with van der Waals surface area (Å²) in [5.74, 6) is 0.521. The minimum atomic E-state index is -0.486. The molecule has 0 N–H and O–H groups in total. The van der Waals surface area contributed by atoms with Gasteiger partial charge in [-0.05, 0) is 57.8 Å². The Balaban J connectivity index is 1.53. The Bertz CT molecular complexity index is 1670. The summed E-state index contributed by atoms with van der Waals surface area (Å²) in [7, 11) is 4.10. The molecule has 0 bridgehead atoms. The number of aromatic nitrogens is 3. The van der Waals surface area contributed by atoms with Crippen LogP contribution in [0.15, 0.2) is 55.3 Å². The summed E-state index contributed by atoms with van der Waals surface area (Å²) in [6, 6.07) is 11.4. The zero-order chi connectivity index (χ0) is 29.0.